The van der Waals surface area contributed by atoms with Gasteiger partial charge >= 0.3 is 0 Å². The normalized spacial score (nSPS) is 18.2. The molecule has 2 atom stereocenters. The number of rotatable bonds is 9. The minimum atomic E-state index is -0.238. The minimum Gasteiger partial charge on any atom is -0.374 e. The van der Waals surface area contributed by atoms with E-state index in [9.17, 15) is 4.79 Å². The van der Waals surface area contributed by atoms with E-state index >= 15 is 0 Å². The lowest BCUT2D eigenvalue weighted by Gasteiger charge is -2.22. The van der Waals surface area contributed by atoms with Gasteiger partial charge < -0.3 is 15.8 Å². The van der Waals surface area contributed by atoms with Crippen molar-refractivity contribution in [1.29, 1.82) is 0 Å². The van der Waals surface area contributed by atoms with Crippen molar-refractivity contribution in [3.8, 4) is 0 Å². The Balaban J connectivity index is 1.73. The van der Waals surface area contributed by atoms with Gasteiger partial charge in [0.05, 0.1) is 12.7 Å². The van der Waals surface area contributed by atoms with E-state index in [-0.39, 0.29) is 12.0 Å². The molecule has 0 bridgehead atoms. The lowest BCUT2D eigenvalue weighted by Crippen LogP contribution is -2.28. The zero-order valence-corrected chi connectivity index (χ0v) is 15.1. The lowest BCUT2D eigenvalue weighted by atomic mass is 9.91. The number of piperidine rings is 1. The summed E-state index contributed by atoms with van der Waals surface area (Å²) in [4.78, 5) is 10.9. The van der Waals surface area contributed by atoms with Crippen LogP contribution in [0.1, 0.15) is 50.7 Å². The maximum atomic E-state index is 10.9. The molecule has 0 spiro atoms. The SMILES string of the molecule is C[C@@H](CCC(N)=O)[C@@H](C)OCc1ccc(CC2CCNCC2)cc1. The predicted octanol–water partition coefficient (Wildman–Crippen LogP) is 3.04. The Kier molecular flexibility index (Phi) is 7.73. The number of ether oxygens (including phenoxy) is 1. The summed E-state index contributed by atoms with van der Waals surface area (Å²) in [5.74, 6) is 0.912. The van der Waals surface area contributed by atoms with Crippen molar-refractivity contribution >= 4 is 5.91 Å². The third-order valence-electron chi connectivity index (χ3n) is 5.17. The number of amides is 1. The number of carbonyl (C=O) groups is 1. The molecule has 1 aliphatic heterocycles. The van der Waals surface area contributed by atoms with Crippen LogP contribution >= 0.6 is 0 Å². The van der Waals surface area contributed by atoms with Gasteiger partial charge in [0, 0.05) is 6.42 Å². The summed E-state index contributed by atoms with van der Waals surface area (Å²) in [6.45, 7) is 7.10. The molecule has 1 fully saturated rings. The molecule has 4 heteroatoms. The van der Waals surface area contributed by atoms with Crippen molar-refractivity contribution in [1.82, 2.24) is 5.32 Å². The molecular weight excluding hydrogens is 300 g/mol. The summed E-state index contributed by atoms with van der Waals surface area (Å²) in [5, 5.41) is 3.42. The van der Waals surface area contributed by atoms with Gasteiger partial charge in [-0.15, -0.1) is 0 Å². The zero-order chi connectivity index (χ0) is 17.4. The van der Waals surface area contributed by atoms with E-state index in [1.165, 1.54) is 30.4 Å². The Morgan fingerprint density at radius 1 is 1.21 bits per heavy atom. The van der Waals surface area contributed by atoms with Crippen LogP contribution in [0.25, 0.3) is 0 Å². The van der Waals surface area contributed by atoms with Crippen LogP contribution in [0, 0.1) is 11.8 Å². The largest absolute Gasteiger partial charge is 0.374 e. The maximum absolute atomic E-state index is 10.9. The Hall–Kier alpha value is -1.39. The molecule has 4 nitrogen and oxygen atoms in total. The fourth-order valence-electron chi connectivity index (χ4n) is 3.19. The Labute approximate surface area is 146 Å². The molecule has 2 rings (SSSR count). The Morgan fingerprint density at radius 2 is 1.83 bits per heavy atom. The second-order valence-electron chi connectivity index (χ2n) is 7.21. The van der Waals surface area contributed by atoms with Gasteiger partial charge in [0.1, 0.15) is 0 Å². The van der Waals surface area contributed by atoms with Crippen LogP contribution in [0.3, 0.4) is 0 Å². The average Bonchev–Trinajstić information content (AvgIpc) is 2.59. The molecule has 134 valence electrons. The van der Waals surface area contributed by atoms with Crippen molar-refractivity contribution in [2.45, 2.75) is 58.7 Å². The summed E-state index contributed by atoms with van der Waals surface area (Å²) in [5.41, 5.74) is 7.83. The molecule has 1 heterocycles. The molecule has 0 aliphatic carbocycles. The highest BCUT2D eigenvalue weighted by molar-refractivity contribution is 5.73. The van der Waals surface area contributed by atoms with Crippen LogP contribution in [-0.4, -0.2) is 25.1 Å². The molecule has 1 aromatic carbocycles. The van der Waals surface area contributed by atoms with Crippen LogP contribution in [-0.2, 0) is 22.6 Å². The Morgan fingerprint density at radius 3 is 2.46 bits per heavy atom. The van der Waals surface area contributed by atoms with Crippen LogP contribution in [0.15, 0.2) is 24.3 Å². The number of hydrogen-bond acceptors (Lipinski definition) is 3. The number of hydrogen-bond donors (Lipinski definition) is 2. The summed E-state index contributed by atoms with van der Waals surface area (Å²) in [6, 6.07) is 8.83. The maximum Gasteiger partial charge on any atom is 0.217 e. The zero-order valence-electron chi connectivity index (χ0n) is 15.1. The molecule has 1 saturated heterocycles. The van der Waals surface area contributed by atoms with Crippen LogP contribution in [0.2, 0.25) is 0 Å². The summed E-state index contributed by atoms with van der Waals surface area (Å²) >= 11 is 0. The lowest BCUT2D eigenvalue weighted by molar-refractivity contribution is -0.118. The first-order valence-corrected chi connectivity index (χ1v) is 9.23. The smallest absolute Gasteiger partial charge is 0.217 e. The monoisotopic (exact) mass is 332 g/mol. The molecule has 0 unspecified atom stereocenters. The van der Waals surface area contributed by atoms with Gasteiger partial charge in [-0.2, -0.15) is 0 Å². The molecular formula is C20H32N2O2. The van der Waals surface area contributed by atoms with E-state index in [1.54, 1.807) is 0 Å². The number of benzene rings is 1. The van der Waals surface area contributed by atoms with Gasteiger partial charge in [-0.25, -0.2) is 0 Å². The molecule has 1 aliphatic rings. The fraction of sp³-hybridized carbons (Fsp3) is 0.650. The van der Waals surface area contributed by atoms with Crippen molar-refractivity contribution in [2.24, 2.45) is 17.6 Å². The number of primary amides is 1. The highest BCUT2D eigenvalue weighted by atomic mass is 16.5. The predicted molar refractivity (Wildman–Crippen MR) is 97.6 cm³/mol. The quantitative estimate of drug-likeness (QED) is 0.730. The van der Waals surface area contributed by atoms with Gasteiger partial charge in [-0.05, 0) is 68.7 Å². The fourth-order valence-corrected chi connectivity index (χ4v) is 3.19. The molecule has 0 aromatic heterocycles. The van der Waals surface area contributed by atoms with E-state index in [0.29, 0.717) is 18.9 Å². The number of nitrogens with one attached hydrogen (secondary N) is 1. The molecule has 24 heavy (non-hydrogen) atoms. The van der Waals surface area contributed by atoms with Crippen LogP contribution < -0.4 is 11.1 Å². The highest BCUT2D eigenvalue weighted by Gasteiger charge is 2.15. The third-order valence-corrected chi connectivity index (χ3v) is 5.17. The topological polar surface area (TPSA) is 64.4 Å². The van der Waals surface area contributed by atoms with Crippen LogP contribution in [0.4, 0.5) is 0 Å². The second kappa shape index (κ2) is 9.80. The summed E-state index contributed by atoms with van der Waals surface area (Å²) in [6.07, 6.45) is 5.09. The molecule has 0 saturated carbocycles. The van der Waals surface area contributed by atoms with E-state index in [2.05, 4.69) is 43.4 Å². The standard InChI is InChI=1S/C20H32N2O2/c1-15(3-8-20(21)23)16(2)24-14-19-6-4-17(5-7-19)13-18-9-11-22-12-10-18/h4-7,15-16,18,22H,3,8-14H2,1-2H3,(H2,21,23)/t15-,16+/m0/s1. The van der Waals surface area contributed by atoms with E-state index in [4.69, 9.17) is 10.5 Å². The van der Waals surface area contributed by atoms with Gasteiger partial charge in [0.15, 0.2) is 0 Å². The van der Waals surface area contributed by atoms with Crippen molar-refractivity contribution in [2.75, 3.05) is 13.1 Å². The van der Waals surface area contributed by atoms with Crippen molar-refractivity contribution in [3.63, 3.8) is 0 Å². The first kappa shape index (κ1) is 18.9. The Bertz CT molecular complexity index is 495. The molecule has 1 aromatic rings. The van der Waals surface area contributed by atoms with Gasteiger partial charge in [0.25, 0.3) is 0 Å². The summed E-state index contributed by atoms with van der Waals surface area (Å²) < 4.78 is 5.95. The van der Waals surface area contributed by atoms with Crippen molar-refractivity contribution in [3.05, 3.63) is 35.4 Å². The number of nitrogens with two attached hydrogens (primary N) is 1. The molecule has 0 radical (unpaired) electrons. The van der Waals surface area contributed by atoms with E-state index in [0.717, 1.165) is 25.4 Å². The molecule has 1 amide bonds. The average molecular weight is 332 g/mol. The highest BCUT2D eigenvalue weighted by Crippen LogP contribution is 2.19. The van der Waals surface area contributed by atoms with Crippen LogP contribution in [0.5, 0.6) is 0 Å². The van der Waals surface area contributed by atoms with E-state index < -0.39 is 0 Å². The third kappa shape index (κ3) is 6.62. The minimum absolute atomic E-state index is 0.124. The van der Waals surface area contributed by atoms with Gasteiger partial charge in [-0.3, -0.25) is 4.79 Å². The van der Waals surface area contributed by atoms with Gasteiger partial charge in [0.2, 0.25) is 5.91 Å². The molecule has 3 N–H and O–H groups in total. The first-order valence-electron chi connectivity index (χ1n) is 9.23. The summed E-state index contributed by atoms with van der Waals surface area (Å²) in [7, 11) is 0. The van der Waals surface area contributed by atoms with E-state index in [1.807, 2.05) is 0 Å². The van der Waals surface area contributed by atoms with Crippen molar-refractivity contribution < 1.29 is 9.53 Å². The first-order chi connectivity index (χ1) is 11.5. The second-order valence-corrected chi connectivity index (χ2v) is 7.21. The number of carbonyl (C=O) groups excluding carboxylic acids is 1. The van der Waals surface area contributed by atoms with Gasteiger partial charge in [-0.1, -0.05) is 31.2 Å².